The Morgan fingerprint density at radius 1 is 1.61 bits per heavy atom. The first-order valence-electron chi connectivity index (χ1n) is 6.39. The van der Waals surface area contributed by atoms with Crippen LogP contribution in [0.2, 0.25) is 0 Å². The van der Waals surface area contributed by atoms with Gasteiger partial charge in [0.25, 0.3) is 0 Å². The van der Waals surface area contributed by atoms with Gasteiger partial charge in [0.1, 0.15) is 0 Å². The summed E-state index contributed by atoms with van der Waals surface area (Å²) in [5.74, 6) is 0. The maximum absolute atomic E-state index is 8.58. The molecule has 0 radical (unpaired) electrons. The fourth-order valence-corrected chi connectivity index (χ4v) is 2.02. The number of rotatable bonds is 7. The van der Waals surface area contributed by atoms with E-state index >= 15 is 0 Å². The third kappa shape index (κ3) is 3.69. The van der Waals surface area contributed by atoms with Crippen molar-refractivity contribution in [1.82, 2.24) is 9.78 Å². The molecule has 0 spiro atoms. The summed E-state index contributed by atoms with van der Waals surface area (Å²) >= 11 is 0. The largest absolute Gasteiger partial charge is 0.394 e. The van der Waals surface area contributed by atoms with Gasteiger partial charge in [-0.3, -0.25) is 4.68 Å². The molecule has 0 aromatic carbocycles. The molecule has 1 aliphatic rings. The van der Waals surface area contributed by atoms with Crippen LogP contribution < -0.4 is 5.32 Å². The van der Waals surface area contributed by atoms with E-state index in [1.54, 1.807) is 0 Å². The van der Waals surface area contributed by atoms with Crippen molar-refractivity contribution in [2.24, 2.45) is 0 Å². The van der Waals surface area contributed by atoms with Gasteiger partial charge >= 0.3 is 0 Å². The van der Waals surface area contributed by atoms with Crippen molar-refractivity contribution < 1.29 is 14.6 Å². The van der Waals surface area contributed by atoms with E-state index in [0.717, 1.165) is 18.7 Å². The maximum Gasteiger partial charge on any atom is 0.0748 e. The highest BCUT2D eigenvalue weighted by atomic mass is 16.5. The molecule has 2 rings (SSSR count). The van der Waals surface area contributed by atoms with E-state index in [1.165, 1.54) is 0 Å². The Hall–Kier alpha value is -1.11. The summed E-state index contributed by atoms with van der Waals surface area (Å²) in [5, 5.41) is 16.3. The molecule has 0 amide bonds. The molecule has 1 aliphatic heterocycles. The highest BCUT2D eigenvalue weighted by Crippen LogP contribution is 2.18. The van der Waals surface area contributed by atoms with Gasteiger partial charge in [-0.15, -0.1) is 0 Å². The van der Waals surface area contributed by atoms with Gasteiger partial charge in [-0.2, -0.15) is 5.10 Å². The van der Waals surface area contributed by atoms with Gasteiger partial charge in [-0.25, -0.2) is 0 Å². The second kappa shape index (κ2) is 6.72. The number of hydrogen-bond donors (Lipinski definition) is 2. The number of anilines is 1. The molecular formula is C12H21N3O3. The molecule has 1 aromatic heterocycles. The van der Waals surface area contributed by atoms with E-state index in [9.17, 15) is 0 Å². The summed E-state index contributed by atoms with van der Waals surface area (Å²) in [4.78, 5) is 0. The summed E-state index contributed by atoms with van der Waals surface area (Å²) in [6.45, 7) is 4.59. The Kier molecular flexibility index (Phi) is 4.98. The van der Waals surface area contributed by atoms with Crippen LogP contribution in [0.1, 0.15) is 13.3 Å². The van der Waals surface area contributed by atoms with Crippen molar-refractivity contribution in [3.05, 3.63) is 12.4 Å². The number of aliphatic hydroxyl groups is 1. The monoisotopic (exact) mass is 255 g/mol. The highest BCUT2D eigenvalue weighted by molar-refractivity contribution is 5.39. The zero-order valence-electron chi connectivity index (χ0n) is 10.7. The van der Waals surface area contributed by atoms with E-state index in [0.29, 0.717) is 25.8 Å². The Morgan fingerprint density at radius 3 is 3.22 bits per heavy atom. The van der Waals surface area contributed by atoms with Crippen molar-refractivity contribution in [1.29, 1.82) is 0 Å². The molecule has 1 fully saturated rings. The second-order valence-electron chi connectivity index (χ2n) is 4.44. The van der Waals surface area contributed by atoms with Gasteiger partial charge in [-0.05, 0) is 13.3 Å². The van der Waals surface area contributed by atoms with Crippen molar-refractivity contribution in [3.63, 3.8) is 0 Å². The van der Waals surface area contributed by atoms with Crippen LogP contribution in [-0.4, -0.2) is 53.5 Å². The van der Waals surface area contributed by atoms with E-state index in [4.69, 9.17) is 14.6 Å². The Balaban J connectivity index is 1.75. The zero-order chi connectivity index (χ0) is 12.8. The minimum absolute atomic E-state index is 0.0610. The van der Waals surface area contributed by atoms with E-state index in [1.807, 2.05) is 17.1 Å². The summed E-state index contributed by atoms with van der Waals surface area (Å²) in [6, 6.07) is 0.369. The normalized spacial score (nSPS) is 23.4. The van der Waals surface area contributed by atoms with Crippen LogP contribution in [0.25, 0.3) is 0 Å². The fraction of sp³-hybridized carbons (Fsp3) is 0.750. The van der Waals surface area contributed by atoms with E-state index in [-0.39, 0.29) is 12.7 Å². The van der Waals surface area contributed by atoms with Crippen molar-refractivity contribution in [3.8, 4) is 0 Å². The molecule has 0 saturated carbocycles. The molecule has 6 nitrogen and oxygen atoms in total. The minimum Gasteiger partial charge on any atom is -0.394 e. The maximum atomic E-state index is 8.58. The lowest BCUT2D eigenvalue weighted by atomic mass is 10.1. The van der Waals surface area contributed by atoms with Crippen LogP contribution in [0, 0.1) is 0 Å². The number of ether oxygens (including phenoxy) is 2. The number of nitrogens with one attached hydrogen (secondary N) is 1. The molecule has 2 atom stereocenters. The smallest absolute Gasteiger partial charge is 0.0748 e. The molecule has 0 aliphatic carbocycles. The van der Waals surface area contributed by atoms with Crippen LogP contribution in [0.3, 0.4) is 0 Å². The average Bonchev–Trinajstić information content (AvgIpc) is 2.96. The number of aromatic nitrogens is 2. The van der Waals surface area contributed by atoms with Crippen LogP contribution in [0.5, 0.6) is 0 Å². The predicted octanol–water partition coefficient (Wildman–Crippen LogP) is 0.481. The van der Waals surface area contributed by atoms with Crippen molar-refractivity contribution >= 4 is 5.69 Å². The molecule has 18 heavy (non-hydrogen) atoms. The van der Waals surface area contributed by atoms with Crippen LogP contribution in [0.15, 0.2) is 12.4 Å². The molecule has 2 heterocycles. The van der Waals surface area contributed by atoms with Crippen molar-refractivity contribution in [2.75, 3.05) is 31.7 Å². The first-order valence-corrected chi connectivity index (χ1v) is 6.39. The molecular weight excluding hydrogens is 234 g/mol. The summed E-state index contributed by atoms with van der Waals surface area (Å²) in [7, 11) is 0. The standard InChI is InChI=1S/C12H21N3O3/c1-10-12(2-5-18-10)14-11-8-13-15(9-11)3-6-17-7-4-16/h8-10,12,14,16H,2-7H2,1H3. The molecule has 1 saturated heterocycles. The lowest BCUT2D eigenvalue weighted by Gasteiger charge is -2.15. The molecule has 0 bridgehead atoms. The zero-order valence-corrected chi connectivity index (χ0v) is 10.7. The van der Waals surface area contributed by atoms with Gasteiger partial charge < -0.3 is 19.9 Å². The van der Waals surface area contributed by atoms with Crippen molar-refractivity contribution in [2.45, 2.75) is 32.0 Å². The molecule has 2 unspecified atom stereocenters. The third-order valence-corrected chi connectivity index (χ3v) is 3.06. The molecule has 1 aromatic rings. The quantitative estimate of drug-likeness (QED) is 0.694. The van der Waals surface area contributed by atoms with Crippen LogP contribution in [0.4, 0.5) is 5.69 Å². The predicted molar refractivity (Wildman–Crippen MR) is 67.6 cm³/mol. The summed E-state index contributed by atoms with van der Waals surface area (Å²) in [6.07, 6.45) is 5.07. The van der Waals surface area contributed by atoms with Crippen LogP contribution >= 0.6 is 0 Å². The lowest BCUT2D eigenvalue weighted by Crippen LogP contribution is -2.26. The molecule has 6 heteroatoms. The number of nitrogens with zero attached hydrogens (tertiary/aromatic N) is 2. The fourth-order valence-electron chi connectivity index (χ4n) is 2.02. The Bertz CT molecular complexity index is 356. The number of hydrogen-bond acceptors (Lipinski definition) is 5. The topological polar surface area (TPSA) is 68.5 Å². The SMILES string of the molecule is CC1OCCC1Nc1cnn(CCOCCO)c1. The van der Waals surface area contributed by atoms with E-state index < -0.39 is 0 Å². The highest BCUT2D eigenvalue weighted by Gasteiger charge is 2.24. The van der Waals surface area contributed by atoms with Gasteiger partial charge in [-0.1, -0.05) is 0 Å². The summed E-state index contributed by atoms with van der Waals surface area (Å²) in [5.41, 5.74) is 1.01. The van der Waals surface area contributed by atoms with Gasteiger partial charge in [0.2, 0.25) is 0 Å². The molecule has 102 valence electrons. The van der Waals surface area contributed by atoms with Crippen LogP contribution in [-0.2, 0) is 16.0 Å². The molecule has 2 N–H and O–H groups in total. The minimum atomic E-state index is 0.0610. The first kappa shape index (κ1) is 13.3. The third-order valence-electron chi connectivity index (χ3n) is 3.06. The van der Waals surface area contributed by atoms with E-state index in [2.05, 4.69) is 17.3 Å². The Morgan fingerprint density at radius 2 is 2.50 bits per heavy atom. The average molecular weight is 255 g/mol. The Labute approximate surface area is 107 Å². The number of aliphatic hydroxyl groups excluding tert-OH is 1. The lowest BCUT2D eigenvalue weighted by molar-refractivity contribution is 0.0854. The van der Waals surface area contributed by atoms with Gasteiger partial charge in [0.05, 0.1) is 50.4 Å². The summed E-state index contributed by atoms with van der Waals surface area (Å²) < 4.78 is 12.5. The van der Waals surface area contributed by atoms with Gasteiger partial charge in [0, 0.05) is 12.8 Å². The van der Waals surface area contributed by atoms with Gasteiger partial charge in [0.15, 0.2) is 0 Å². The first-order chi connectivity index (χ1) is 8.79. The second-order valence-corrected chi connectivity index (χ2v) is 4.44.